The molecule has 0 saturated carbocycles. The second-order valence-electron chi connectivity index (χ2n) is 3.24. The number of nitrogens with one attached hydrogen (secondary N) is 1. The van der Waals surface area contributed by atoms with Gasteiger partial charge in [0, 0.05) is 19.3 Å². The van der Waals surface area contributed by atoms with Gasteiger partial charge in [-0.1, -0.05) is 30.3 Å². The molecule has 4 heteroatoms. The molecule has 0 saturated heterocycles. The van der Waals surface area contributed by atoms with Crippen LogP contribution in [-0.4, -0.2) is 11.9 Å². The molecule has 0 aliphatic carbocycles. The Bertz CT molecular complexity index is 332. The molecular formula is C11H12NO3-. The van der Waals surface area contributed by atoms with E-state index in [0.717, 1.165) is 5.56 Å². The average molecular weight is 206 g/mol. The van der Waals surface area contributed by atoms with Gasteiger partial charge in [0.2, 0.25) is 5.91 Å². The highest BCUT2D eigenvalue weighted by Crippen LogP contribution is 2.15. The lowest BCUT2D eigenvalue weighted by atomic mass is 10.0. The van der Waals surface area contributed by atoms with Gasteiger partial charge in [-0.15, -0.1) is 0 Å². The molecule has 1 N–H and O–H groups in total. The Hall–Kier alpha value is -1.84. The van der Waals surface area contributed by atoms with E-state index in [1.165, 1.54) is 6.92 Å². The van der Waals surface area contributed by atoms with E-state index < -0.39 is 12.0 Å². The quantitative estimate of drug-likeness (QED) is 0.754. The lowest BCUT2D eigenvalue weighted by Crippen LogP contribution is -2.32. The second-order valence-corrected chi connectivity index (χ2v) is 3.24. The highest BCUT2D eigenvalue weighted by Gasteiger charge is 2.11. The van der Waals surface area contributed by atoms with Gasteiger partial charge in [-0.2, -0.15) is 0 Å². The largest absolute Gasteiger partial charge is 0.550 e. The summed E-state index contributed by atoms with van der Waals surface area (Å²) in [7, 11) is 0. The number of amides is 1. The highest BCUT2D eigenvalue weighted by molar-refractivity contribution is 5.74. The first-order valence-corrected chi connectivity index (χ1v) is 4.61. The van der Waals surface area contributed by atoms with E-state index in [1.54, 1.807) is 24.3 Å². The zero-order chi connectivity index (χ0) is 11.3. The fraction of sp³-hybridized carbons (Fsp3) is 0.273. The smallest absolute Gasteiger partial charge is 0.217 e. The molecule has 0 unspecified atom stereocenters. The van der Waals surface area contributed by atoms with Crippen molar-refractivity contribution in [2.45, 2.75) is 19.4 Å². The zero-order valence-corrected chi connectivity index (χ0v) is 8.40. The van der Waals surface area contributed by atoms with E-state index in [2.05, 4.69) is 5.32 Å². The molecule has 0 heterocycles. The number of carbonyl (C=O) groups is 2. The van der Waals surface area contributed by atoms with E-state index in [9.17, 15) is 14.7 Å². The fourth-order valence-electron chi connectivity index (χ4n) is 1.35. The van der Waals surface area contributed by atoms with Crippen LogP contribution in [0, 0.1) is 0 Å². The molecule has 0 aromatic heterocycles. The predicted octanol–water partition coefficient (Wildman–Crippen LogP) is 0.00380. The summed E-state index contributed by atoms with van der Waals surface area (Å²) in [5.41, 5.74) is 0.761. The van der Waals surface area contributed by atoms with Crippen LogP contribution >= 0.6 is 0 Å². The van der Waals surface area contributed by atoms with Crippen LogP contribution in [0.4, 0.5) is 0 Å². The van der Waals surface area contributed by atoms with Crippen LogP contribution in [0.15, 0.2) is 30.3 Å². The number of carbonyl (C=O) groups excluding carboxylic acids is 2. The Morgan fingerprint density at radius 1 is 1.33 bits per heavy atom. The lowest BCUT2D eigenvalue weighted by Gasteiger charge is -2.18. The van der Waals surface area contributed by atoms with E-state index in [4.69, 9.17) is 0 Å². The number of rotatable bonds is 4. The maximum absolute atomic E-state index is 10.9. The lowest BCUT2D eigenvalue weighted by molar-refractivity contribution is -0.306. The fourth-order valence-corrected chi connectivity index (χ4v) is 1.35. The van der Waals surface area contributed by atoms with Gasteiger partial charge in [0.1, 0.15) is 0 Å². The molecule has 0 fully saturated rings. The van der Waals surface area contributed by atoms with E-state index >= 15 is 0 Å². The first-order valence-electron chi connectivity index (χ1n) is 4.61. The standard InChI is InChI=1S/C11H13NO3/c1-8(13)12-10(7-11(14)15)9-5-3-2-4-6-9/h2-6,10H,7H2,1H3,(H,12,13)(H,14,15)/p-1/t10-/m1/s1. The third-order valence-corrected chi connectivity index (χ3v) is 1.95. The summed E-state index contributed by atoms with van der Waals surface area (Å²) in [6, 6.07) is 8.42. The molecule has 1 amide bonds. The Morgan fingerprint density at radius 3 is 2.40 bits per heavy atom. The zero-order valence-electron chi connectivity index (χ0n) is 8.40. The van der Waals surface area contributed by atoms with E-state index in [1.807, 2.05) is 6.07 Å². The van der Waals surface area contributed by atoms with Crippen LogP contribution in [0.1, 0.15) is 24.9 Å². The molecule has 80 valence electrons. The minimum atomic E-state index is -1.18. The van der Waals surface area contributed by atoms with Crippen molar-refractivity contribution in [2.24, 2.45) is 0 Å². The van der Waals surface area contributed by atoms with Gasteiger partial charge in [0.25, 0.3) is 0 Å². The van der Waals surface area contributed by atoms with Crippen LogP contribution in [0.2, 0.25) is 0 Å². The first kappa shape index (κ1) is 11.2. The monoisotopic (exact) mass is 206 g/mol. The number of benzene rings is 1. The van der Waals surface area contributed by atoms with Crippen molar-refractivity contribution in [2.75, 3.05) is 0 Å². The maximum atomic E-state index is 10.9. The molecule has 1 rings (SSSR count). The molecule has 15 heavy (non-hydrogen) atoms. The van der Waals surface area contributed by atoms with Crippen molar-refractivity contribution >= 4 is 11.9 Å². The average Bonchev–Trinajstić information content (AvgIpc) is 2.17. The second kappa shape index (κ2) is 5.14. The number of hydrogen-bond acceptors (Lipinski definition) is 3. The highest BCUT2D eigenvalue weighted by atomic mass is 16.4. The summed E-state index contributed by atoms with van der Waals surface area (Å²) in [6.45, 7) is 1.35. The molecule has 4 nitrogen and oxygen atoms in total. The van der Waals surface area contributed by atoms with Crippen molar-refractivity contribution in [1.29, 1.82) is 0 Å². The summed E-state index contributed by atoms with van der Waals surface area (Å²) in [5.74, 6) is -1.44. The summed E-state index contributed by atoms with van der Waals surface area (Å²) >= 11 is 0. The Morgan fingerprint density at radius 2 is 1.93 bits per heavy atom. The van der Waals surface area contributed by atoms with Crippen molar-refractivity contribution in [3.05, 3.63) is 35.9 Å². The van der Waals surface area contributed by atoms with Gasteiger partial charge >= 0.3 is 0 Å². The third kappa shape index (κ3) is 3.81. The minimum Gasteiger partial charge on any atom is -0.550 e. The third-order valence-electron chi connectivity index (χ3n) is 1.95. The minimum absolute atomic E-state index is 0.219. The molecule has 1 aromatic carbocycles. The van der Waals surface area contributed by atoms with E-state index in [-0.39, 0.29) is 12.3 Å². The maximum Gasteiger partial charge on any atom is 0.217 e. The summed E-state index contributed by atoms with van der Waals surface area (Å²) in [6.07, 6.45) is -0.219. The van der Waals surface area contributed by atoms with Crippen LogP contribution in [0.5, 0.6) is 0 Å². The molecule has 1 atom stereocenters. The topological polar surface area (TPSA) is 69.2 Å². The van der Waals surface area contributed by atoms with Gasteiger partial charge in [0.15, 0.2) is 0 Å². The summed E-state index contributed by atoms with van der Waals surface area (Å²) < 4.78 is 0. The van der Waals surface area contributed by atoms with Crippen LogP contribution in [-0.2, 0) is 9.59 Å². The molecule has 0 aliphatic rings. The molecule has 1 aromatic rings. The van der Waals surface area contributed by atoms with Crippen molar-refractivity contribution in [3.63, 3.8) is 0 Å². The first-order chi connectivity index (χ1) is 7.09. The van der Waals surface area contributed by atoms with Crippen LogP contribution in [0.3, 0.4) is 0 Å². The van der Waals surface area contributed by atoms with Gasteiger partial charge < -0.3 is 15.2 Å². The van der Waals surface area contributed by atoms with Gasteiger partial charge in [0.05, 0.1) is 6.04 Å². The SMILES string of the molecule is CC(=O)N[C@H](CC(=O)[O-])c1ccccc1. The van der Waals surface area contributed by atoms with Crippen molar-refractivity contribution in [3.8, 4) is 0 Å². The molecule has 0 spiro atoms. The Labute approximate surface area is 87.9 Å². The van der Waals surface area contributed by atoms with Crippen molar-refractivity contribution in [1.82, 2.24) is 5.32 Å². The number of carboxylic acids is 1. The number of aliphatic carboxylic acids is 1. The molecular weight excluding hydrogens is 194 g/mol. The normalized spacial score (nSPS) is 11.8. The molecule has 0 aliphatic heterocycles. The van der Waals surface area contributed by atoms with E-state index in [0.29, 0.717) is 0 Å². The van der Waals surface area contributed by atoms with Crippen molar-refractivity contribution < 1.29 is 14.7 Å². The summed E-state index contributed by atoms with van der Waals surface area (Å²) in [4.78, 5) is 21.4. The van der Waals surface area contributed by atoms with Gasteiger partial charge in [-0.3, -0.25) is 4.79 Å². The summed E-state index contributed by atoms with van der Waals surface area (Å²) in [5, 5.41) is 13.1. The van der Waals surface area contributed by atoms with Gasteiger partial charge in [-0.05, 0) is 5.56 Å². The number of carboxylic acid groups (broad SMARTS) is 1. The molecule has 0 bridgehead atoms. The van der Waals surface area contributed by atoms with Gasteiger partial charge in [-0.25, -0.2) is 0 Å². The number of hydrogen-bond donors (Lipinski definition) is 1. The van der Waals surface area contributed by atoms with Crippen LogP contribution in [0.25, 0.3) is 0 Å². The molecule has 0 radical (unpaired) electrons. The predicted molar refractivity (Wildman–Crippen MR) is 52.6 cm³/mol. The Balaban J connectivity index is 2.81. The van der Waals surface area contributed by atoms with Crippen LogP contribution < -0.4 is 10.4 Å². The Kier molecular flexibility index (Phi) is 3.85.